The Bertz CT molecular complexity index is 498. The van der Waals surface area contributed by atoms with E-state index >= 15 is 0 Å². The van der Waals surface area contributed by atoms with Crippen molar-refractivity contribution in [2.24, 2.45) is 0 Å². The molecule has 1 aromatic heterocycles. The lowest BCUT2D eigenvalue weighted by Crippen LogP contribution is -2.37. The molecule has 0 aromatic carbocycles. The summed E-state index contributed by atoms with van der Waals surface area (Å²) in [4.78, 5) is 6.21. The SMILES string of the molecule is O=S(=O)(NCCN1CCCCC1)c1ccc(Cl)nc1. The smallest absolute Gasteiger partial charge is 0.242 e. The molecule has 1 aromatic rings. The number of hydrogen-bond donors (Lipinski definition) is 1. The summed E-state index contributed by atoms with van der Waals surface area (Å²) in [5.74, 6) is 0. The van der Waals surface area contributed by atoms with Gasteiger partial charge in [0.25, 0.3) is 0 Å². The predicted octanol–water partition coefficient (Wildman–Crippen LogP) is 1.50. The largest absolute Gasteiger partial charge is 0.302 e. The number of rotatable bonds is 5. The molecule has 19 heavy (non-hydrogen) atoms. The summed E-state index contributed by atoms with van der Waals surface area (Å²) in [6, 6.07) is 2.93. The van der Waals surface area contributed by atoms with Crippen molar-refractivity contribution >= 4 is 21.6 Å². The highest BCUT2D eigenvalue weighted by molar-refractivity contribution is 7.89. The molecular weight excluding hydrogens is 286 g/mol. The number of aromatic nitrogens is 1. The molecule has 1 aliphatic heterocycles. The Kier molecular flexibility index (Phi) is 5.15. The quantitative estimate of drug-likeness (QED) is 0.837. The van der Waals surface area contributed by atoms with Gasteiger partial charge in [0.2, 0.25) is 10.0 Å². The van der Waals surface area contributed by atoms with Gasteiger partial charge in [-0.3, -0.25) is 0 Å². The predicted molar refractivity (Wildman–Crippen MR) is 74.7 cm³/mol. The molecule has 1 aliphatic rings. The van der Waals surface area contributed by atoms with Crippen LogP contribution in [0.15, 0.2) is 23.2 Å². The first-order valence-electron chi connectivity index (χ1n) is 6.41. The highest BCUT2D eigenvalue weighted by Crippen LogP contribution is 2.11. The summed E-state index contributed by atoms with van der Waals surface area (Å²) in [6.07, 6.45) is 4.95. The molecule has 0 radical (unpaired) electrons. The summed E-state index contributed by atoms with van der Waals surface area (Å²) in [5, 5.41) is 0.285. The molecular formula is C12H18ClN3O2S. The van der Waals surface area contributed by atoms with Gasteiger partial charge in [0.05, 0.1) is 0 Å². The van der Waals surface area contributed by atoms with Gasteiger partial charge >= 0.3 is 0 Å². The van der Waals surface area contributed by atoms with Crippen LogP contribution in [0.2, 0.25) is 5.15 Å². The number of pyridine rings is 1. The van der Waals surface area contributed by atoms with Crippen LogP contribution < -0.4 is 4.72 Å². The maximum Gasteiger partial charge on any atom is 0.242 e. The van der Waals surface area contributed by atoms with E-state index in [-0.39, 0.29) is 10.0 Å². The van der Waals surface area contributed by atoms with E-state index in [1.807, 2.05) is 0 Å². The lowest BCUT2D eigenvalue weighted by molar-refractivity contribution is 0.233. The van der Waals surface area contributed by atoms with Crippen molar-refractivity contribution in [1.29, 1.82) is 0 Å². The van der Waals surface area contributed by atoms with Gasteiger partial charge < -0.3 is 4.90 Å². The van der Waals surface area contributed by atoms with E-state index in [9.17, 15) is 8.42 Å². The Hall–Kier alpha value is -0.690. The molecule has 0 unspecified atom stereocenters. The van der Waals surface area contributed by atoms with Crippen molar-refractivity contribution < 1.29 is 8.42 Å². The Morgan fingerprint density at radius 1 is 1.26 bits per heavy atom. The molecule has 1 N–H and O–H groups in total. The average Bonchev–Trinajstić information content (AvgIpc) is 2.40. The standard InChI is InChI=1S/C12H18ClN3O2S/c13-12-5-4-11(10-14-12)19(17,18)15-6-9-16-7-2-1-3-8-16/h4-5,10,15H,1-3,6-9H2. The molecule has 1 fully saturated rings. The maximum atomic E-state index is 12.0. The van der Waals surface area contributed by atoms with Crippen LogP contribution in [-0.2, 0) is 10.0 Å². The average molecular weight is 304 g/mol. The van der Waals surface area contributed by atoms with Crippen molar-refractivity contribution in [2.45, 2.75) is 24.2 Å². The van der Waals surface area contributed by atoms with Crippen molar-refractivity contribution in [3.05, 3.63) is 23.5 Å². The van der Waals surface area contributed by atoms with Crippen molar-refractivity contribution in [1.82, 2.24) is 14.6 Å². The van der Waals surface area contributed by atoms with Crippen molar-refractivity contribution in [3.8, 4) is 0 Å². The number of nitrogens with one attached hydrogen (secondary N) is 1. The molecule has 1 saturated heterocycles. The van der Waals surface area contributed by atoms with E-state index in [2.05, 4.69) is 14.6 Å². The minimum Gasteiger partial charge on any atom is -0.302 e. The summed E-state index contributed by atoms with van der Waals surface area (Å²) < 4.78 is 26.5. The fourth-order valence-corrected chi connectivity index (χ4v) is 3.20. The number of halogens is 1. The van der Waals surface area contributed by atoms with Gasteiger partial charge in [0, 0.05) is 19.3 Å². The Morgan fingerprint density at radius 2 is 2.00 bits per heavy atom. The van der Waals surface area contributed by atoms with Gasteiger partial charge in [-0.15, -0.1) is 0 Å². The molecule has 2 heterocycles. The van der Waals surface area contributed by atoms with Crippen LogP contribution in [0.1, 0.15) is 19.3 Å². The van der Waals surface area contributed by atoms with Crippen LogP contribution in [0, 0.1) is 0 Å². The lowest BCUT2D eigenvalue weighted by atomic mass is 10.1. The van der Waals surface area contributed by atoms with E-state index in [0.29, 0.717) is 6.54 Å². The molecule has 0 amide bonds. The summed E-state index contributed by atoms with van der Waals surface area (Å²) in [6.45, 7) is 3.29. The van der Waals surface area contributed by atoms with E-state index in [1.54, 1.807) is 0 Å². The minimum absolute atomic E-state index is 0.149. The molecule has 7 heteroatoms. The summed E-state index contributed by atoms with van der Waals surface area (Å²) >= 11 is 5.63. The molecule has 2 rings (SSSR count). The van der Waals surface area contributed by atoms with Crippen molar-refractivity contribution in [3.63, 3.8) is 0 Å². The number of piperidine rings is 1. The fraction of sp³-hybridized carbons (Fsp3) is 0.583. The summed E-state index contributed by atoms with van der Waals surface area (Å²) in [5.41, 5.74) is 0. The third-order valence-electron chi connectivity index (χ3n) is 3.18. The van der Waals surface area contributed by atoms with Crippen LogP contribution in [0.4, 0.5) is 0 Å². The fourth-order valence-electron chi connectivity index (χ4n) is 2.13. The molecule has 0 bridgehead atoms. The van der Waals surface area contributed by atoms with Crippen molar-refractivity contribution in [2.75, 3.05) is 26.2 Å². The number of sulfonamides is 1. The van der Waals surface area contributed by atoms with Gasteiger partial charge in [-0.25, -0.2) is 18.1 Å². The second-order valence-electron chi connectivity index (χ2n) is 4.62. The molecule has 5 nitrogen and oxygen atoms in total. The first-order chi connectivity index (χ1) is 9.08. The van der Waals surface area contributed by atoms with E-state index in [1.165, 1.54) is 37.6 Å². The van der Waals surface area contributed by atoms with Gasteiger partial charge in [0.1, 0.15) is 10.0 Å². The van der Waals surface area contributed by atoms with Gasteiger partial charge in [-0.2, -0.15) is 0 Å². The normalized spacial score (nSPS) is 17.5. The molecule has 0 atom stereocenters. The number of hydrogen-bond acceptors (Lipinski definition) is 4. The molecule has 0 spiro atoms. The zero-order valence-electron chi connectivity index (χ0n) is 10.7. The zero-order valence-corrected chi connectivity index (χ0v) is 12.3. The van der Waals surface area contributed by atoms with Gasteiger partial charge in [-0.1, -0.05) is 18.0 Å². The second kappa shape index (κ2) is 6.65. The molecule has 0 aliphatic carbocycles. The Labute approximate surface area is 119 Å². The number of likely N-dealkylation sites (tertiary alicyclic amines) is 1. The Balaban J connectivity index is 1.85. The zero-order chi connectivity index (χ0) is 13.7. The topological polar surface area (TPSA) is 62.3 Å². The second-order valence-corrected chi connectivity index (χ2v) is 6.77. The number of nitrogens with zero attached hydrogens (tertiary/aromatic N) is 2. The summed E-state index contributed by atoms with van der Waals surface area (Å²) in [7, 11) is -3.48. The van der Waals surface area contributed by atoms with E-state index in [0.717, 1.165) is 19.6 Å². The van der Waals surface area contributed by atoms with E-state index in [4.69, 9.17) is 11.6 Å². The van der Waals surface area contributed by atoms with Gasteiger partial charge in [-0.05, 0) is 38.1 Å². The highest BCUT2D eigenvalue weighted by atomic mass is 35.5. The molecule has 0 saturated carbocycles. The third-order valence-corrected chi connectivity index (χ3v) is 4.85. The lowest BCUT2D eigenvalue weighted by Gasteiger charge is -2.26. The first kappa shape index (κ1) is 14.7. The highest BCUT2D eigenvalue weighted by Gasteiger charge is 2.15. The van der Waals surface area contributed by atoms with Crippen LogP contribution in [-0.4, -0.2) is 44.5 Å². The monoisotopic (exact) mass is 303 g/mol. The van der Waals surface area contributed by atoms with Gasteiger partial charge in [0.15, 0.2) is 0 Å². The molecule has 106 valence electrons. The maximum absolute atomic E-state index is 12.0. The van der Waals surface area contributed by atoms with Crippen LogP contribution in [0.25, 0.3) is 0 Å². The van der Waals surface area contributed by atoms with E-state index < -0.39 is 10.0 Å². The third kappa shape index (κ3) is 4.42. The Morgan fingerprint density at radius 3 is 2.63 bits per heavy atom. The van der Waals surface area contributed by atoms with Crippen LogP contribution in [0.5, 0.6) is 0 Å². The minimum atomic E-state index is -3.48. The van der Waals surface area contributed by atoms with Crippen LogP contribution in [0.3, 0.4) is 0 Å². The van der Waals surface area contributed by atoms with Crippen LogP contribution >= 0.6 is 11.6 Å². The first-order valence-corrected chi connectivity index (χ1v) is 8.28.